The first kappa shape index (κ1) is 13.1. The van der Waals surface area contributed by atoms with Crippen LogP contribution in [0.25, 0.3) is 0 Å². The highest BCUT2D eigenvalue weighted by atomic mass is 35.5. The lowest BCUT2D eigenvalue weighted by Gasteiger charge is -2.15. The van der Waals surface area contributed by atoms with Gasteiger partial charge < -0.3 is 9.88 Å². The van der Waals surface area contributed by atoms with E-state index in [0.717, 1.165) is 11.4 Å². The van der Waals surface area contributed by atoms with Gasteiger partial charge in [-0.1, -0.05) is 0 Å². The second kappa shape index (κ2) is 4.76. The minimum absolute atomic E-state index is 0.0612. The smallest absolute Gasteiger partial charge is 0.222 e. The molecule has 98 valence electrons. The van der Waals surface area contributed by atoms with Gasteiger partial charge in [0.1, 0.15) is 0 Å². The Bertz CT molecular complexity index is 505. The maximum Gasteiger partial charge on any atom is 0.222 e. The number of amides is 1. The number of aryl methyl sites for hydroxylation is 1. The molecule has 2 atom stereocenters. The van der Waals surface area contributed by atoms with E-state index in [1.807, 2.05) is 19.9 Å². The first-order valence-corrected chi connectivity index (χ1v) is 6.49. The molecular formula is C13H17ClN2O2. The second-order valence-corrected chi connectivity index (χ2v) is 5.45. The number of hydrogen-bond acceptors (Lipinski definition) is 2. The van der Waals surface area contributed by atoms with Gasteiger partial charge in [0.25, 0.3) is 0 Å². The molecular weight excluding hydrogens is 252 g/mol. The van der Waals surface area contributed by atoms with Crippen LogP contribution in [0, 0.1) is 13.8 Å². The Labute approximate surface area is 111 Å². The fourth-order valence-electron chi connectivity index (χ4n) is 2.58. The van der Waals surface area contributed by atoms with Crippen LogP contribution in [0.15, 0.2) is 6.07 Å². The normalized spacial score (nSPS) is 20.9. The average molecular weight is 269 g/mol. The largest absolute Gasteiger partial charge is 0.354 e. The first-order chi connectivity index (χ1) is 8.41. The van der Waals surface area contributed by atoms with Crippen LogP contribution >= 0.6 is 11.6 Å². The van der Waals surface area contributed by atoms with Gasteiger partial charge in [0.15, 0.2) is 5.78 Å². The quantitative estimate of drug-likeness (QED) is 0.673. The van der Waals surface area contributed by atoms with Crippen molar-refractivity contribution >= 4 is 23.3 Å². The lowest BCUT2D eigenvalue weighted by Crippen LogP contribution is -2.17. The zero-order chi connectivity index (χ0) is 13.4. The van der Waals surface area contributed by atoms with E-state index in [0.29, 0.717) is 18.5 Å². The van der Waals surface area contributed by atoms with Gasteiger partial charge in [-0.3, -0.25) is 9.59 Å². The van der Waals surface area contributed by atoms with Gasteiger partial charge >= 0.3 is 0 Å². The van der Waals surface area contributed by atoms with Crippen molar-refractivity contribution in [2.24, 2.45) is 0 Å². The van der Waals surface area contributed by atoms with Gasteiger partial charge in [-0.15, -0.1) is 11.6 Å². The average Bonchev–Trinajstić information content (AvgIpc) is 2.82. The summed E-state index contributed by atoms with van der Waals surface area (Å²) in [4.78, 5) is 23.3. The van der Waals surface area contributed by atoms with Crippen molar-refractivity contribution in [2.75, 3.05) is 6.54 Å². The molecule has 0 aliphatic carbocycles. The maximum absolute atomic E-state index is 12.0. The molecule has 18 heavy (non-hydrogen) atoms. The van der Waals surface area contributed by atoms with Gasteiger partial charge in [-0.25, -0.2) is 0 Å². The van der Waals surface area contributed by atoms with Crippen LogP contribution in [0.1, 0.15) is 41.1 Å². The third-order valence-electron chi connectivity index (χ3n) is 3.43. The maximum atomic E-state index is 12.0. The van der Waals surface area contributed by atoms with Crippen LogP contribution in [-0.4, -0.2) is 28.2 Å². The zero-order valence-corrected chi connectivity index (χ0v) is 11.5. The van der Waals surface area contributed by atoms with E-state index < -0.39 is 5.38 Å². The molecule has 2 heterocycles. The molecule has 0 aromatic carbocycles. The standard InChI is InChI=1S/C13H17ClN2O2/c1-7-4-11(13(18)8(2)14)9(3)16(7)10-5-12(17)15-6-10/h4,8,10H,5-6H2,1-3H3,(H,15,17). The molecule has 2 rings (SSSR count). The second-order valence-electron chi connectivity index (χ2n) is 4.80. The number of aromatic nitrogens is 1. The number of hydrogen-bond donors (Lipinski definition) is 1. The highest BCUT2D eigenvalue weighted by molar-refractivity contribution is 6.33. The highest BCUT2D eigenvalue weighted by Crippen LogP contribution is 2.26. The van der Waals surface area contributed by atoms with Crippen LogP contribution in [-0.2, 0) is 4.79 Å². The third-order valence-corrected chi connectivity index (χ3v) is 3.63. The summed E-state index contributed by atoms with van der Waals surface area (Å²) < 4.78 is 2.06. The monoisotopic (exact) mass is 268 g/mol. The molecule has 1 aliphatic rings. The Morgan fingerprint density at radius 1 is 1.56 bits per heavy atom. The molecule has 0 spiro atoms. The van der Waals surface area contributed by atoms with E-state index in [9.17, 15) is 9.59 Å². The molecule has 0 bridgehead atoms. The van der Waals surface area contributed by atoms with Gasteiger partial charge in [-0.2, -0.15) is 0 Å². The van der Waals surface area contributed by atoms with Crippen LogP contribution in [0.2, 0.25) is 0 Å². The molecule has 4 nitrogen and oxygen atoms in total. The number of alkyl halides is 1. The van der Waals surface area contributed by atoms with Crippen molar-refractivity contribution in [1.29, 1.82) is 0 Å². The van der Waals surface area contributed by atoms with Crippen molar-refractivity contribution in [1.82, 2.24) is 9.88 Å². The van der Waals surface area contributed by atoms with Crippen LogP contribution in [0.5, 0.6) is 0 Å². The summed E-state index contributed by atoms with van der Waals surface area (Å²) in [5.74, 6) is -0.000567. The van der Waals surface area contributed by atoms with E-state index in [1.54, 1.807) is 6.92 Å². The lowest BCUT2D eigenvalue weighted by molar-refractivity contribution is -0.119. The van der Waals surface area contributed by atoms with Crippen molar-refractivity contribution in [2.45, 2.75) is 38.6 Å². The Kier molecular flexibility index (Phi) is 3.48. The summed E-state index contributed by atoms with van der Waals surface area (Å²) >= 11 is 5.85. The SMILES string of the molecule is Cc1cc(C(=O)C(C)Cl)c(C)n1C1CNC(=O)C1. The molecule has 1 fully saturated rings. The topological polar surface area (TPSA) is 51.1 Å². The van der Waals surface area contributed by atoms with Crippen molar-refractivity contribution in [3.63, 3.8) is 0 Å². The summed E-state index contributed by atoms with van der Waals surface area (Å²) in [6, 6.07) is 1.96. The minimum atomic E-state index is -0.526. The highest BCUT2D eigenvalue weighted by Gasteiger charge is 2.27. The summed E-state index contributed by atoms with van der Waals surface area (Å²) in [6.45, 7) is 6.16. The van der Waals surface area contributed by atoms with E-state index in [4.69, 9.17) is 11.6 Å². The summed E-state index contributed by atoms with van der Waals surface area (Å²) in [6.07, 6.45) is 0.473. The summed E-state index contributed by atoms with van der Waals surface area (Å²) in [5, 5.41) is 2.29. The molecule has 5 heteroatoms. The van der Waals surface area contributed by atoms with Gasteiger partial charge in [0.2, 0.25) is 5.91 Å². The van der Waals surface area contributed by atoms with Gasteiger partial charge in [0, 0.05) is 29.9 Å². The molecule has 0 saturated carbocycles. The summed E-state index contributed by atoms with van der Waals surface area (Å²) in [7, 11) is 0. The predicted molar refractivity (Wildman–Crippen MR) is 70.2 cm³/mol. The predicted octanol–water partition coefficient (Wildman–Crippen LogP) is 1.98. The van der Waals surface area contributed by atoms with E-state index in [-0.39, 0.29) is 17.7 Å². The van der Waals surface area contributed by atoms with E-state index in [1.165, 1.54) is 0 Å². The number of rotatable bonds is 3. The molecule has 1 aliphatic heterocycles. The van der Waals surface area contributed by atoms with Crippen molar-refractivity contribution < 1.29 is 9.59 Å². The Morgan fingerprint density at radius 3 is 2.72 bits per heavy atom. The molecule has 0 radical (unpaired) electrons. The van der Waals surface area contributed by atoms with E-state index >= 15 is 0 Å². The van der Waals surface area contributed by atoms with E-state index in [2.05, 4.69) is 9.88 Å². The molecule has 2 unspecified atom stereocenters. The number of halogens is 1. The van der Waals surface area contributed by atoms with Crippen LogP contribution in [0.4, 0.5) is 0 Å². The lowest BCUT2D eigenvalue weighted by atomic mass is 10.1. The zero-order valence-electron chi connectivity index (χ0n) is 10.8. The number of nitrogens with zero attached hydrogens (tertiary/aromatic N) is 1. The summed E-state index contributed by atoms with van der Waals surface area (Å²) in [5.41, 5.74) is 2.55. The molecule has 1 amide bonds. The molecule has 1 N–H and O–H groups in total. The third kappa shape index (κ3) is 2.17. The first-order valence-electron chi connectivity index (χ1n) is 6.05. The molecule has 1 aromatic rings. The van der Waals surface area contributed by atoms with Gasteiger partial charge in [-0.05, 0) is 26.8 Å². The fourth-order valence-corrected chi connectivity index (χ4v) is 2.69. The number of carbonyl (C=O) groups excluding carboxylic acids is 2. The van der Waals surface area contributed by atoms with Crippen molar-refractivity contribution in [3.05, 3.63) is 23.0 Å². The number of carbonyl (C=O) groups is 2. The molecule has 1 aromatic heterocycles. The van der Waals surface area contributed by atoms with Crippen LogP contribution < -0.4 is 5.32 Å². The minimum Gasteiger partial charge on any atom is -0.354 e. The Balaban J connectivity index is 2.38. The Morgan fingerprint density at radius 2 is 2.22 bits per heavy atom. The van der Waals surface area contributed by atoms with Crippen LogP contribution in [0.3, 0.4) is 0 Å². The number of Topliss-reactive ketones (excluding diaryl/α,β-unsaturated/α-hetero) is 1. The fraction of sp³-hybridized carbons (Fsp3) is 0.538. The Hall–Kier alpha value is -1.29. The van der Waals surface area contributed by atoms with Crippen molar-refractivity contribution in [3.8, 4) is 0 Å². The molecule has 1 saturated heterocycles. The number of ketones is 1. The van der Waals surface area contributed by atoms with Gasteiger partial charge in [0.05, 0.1) is 11.4 Å². The number of nitrogens with one attached hydrogen (secondary N) is 1.